The van der Waals surface area contributed by atoms with Gasteiger partial charge in [0.1, 0.15) is 11.3 Å². The lowest BCUT2D eigenvalue weighted by Gasteiger charge is -2.08. The summed E-state index contributed by atoms with van der Waals surface area (Å²) in [4.78, 5) is 9.22. The molecule has 4 aromatic carbocycles. The van der Waals surface area contributed by atoms with Crippen LogP contribution in [0.4, 0.5) is 5.69 Å². The molecule has 4 nitrogen and oxygen atoms in total. The van der Waals surface area contributed by atoms with E-state index >= 15 is 0 Å². The fourth-order valence-electron chi connectivity index (χ4n) is 3.74. The second-order valence-electron chi connectivity index (χ2n) is 7.98. The highest BCUT2D eigenvalue weighted by Crippen LogP contribution is 2.31. The van der Waals surface area contributed by atoms with Gasteiger partial charge in [0.15, 0.2) is 5.58 Å². The summed E-state index contributed by atoms with van der Waals surface area (Å²) < 4.78 is 6.57. The van der Waals surface area contributed by atoms with E-state index in [1.807, 2.05) is 79.7 Å². The average molecular weight is 497 g/mol. The molecule has 1 heterocycles. The predicted molar refractivity (Wildman–Crippen MR) is 136 cm³/mol. The Morgan fingerprint density at radius 1 is 0.939 bits per heavy atom. The van der Waals surface area contributed by atoms with Crippen molar-refractivity contribution in [2.45, 2.75) is 13.3 Å². The lowest BCUT2D eigenvalue weighted by molar-refractivity contribution is 0.471. The van der Waals surface area contributed by atoms with Crippen molar-refractivity contribution in [3.8, 4) is 17.2 Å². The molecule has 0 saturated carbocycles. The van der Waals surface area contributed by atoms with Crippen molar-refractivity contribution in [2.24, 2.45) is 4.99 Å². The van der Waals surface area contributed by atoms with Gasteiger partial charge in [-0.25, -0.2) is 4.98 Å². The third-order valence-corrected chi connectivity index (χ3v) is 6.00. The number of benzene rings is 4. The van der Waals surface area contributed by atoms with Gasteiger partial charge in [-0.3, -0.25) is 4.99 Å². The minimum Gasteiger partial charge on any atom is -0.506 e. The number of fused-ring (bicyclic) bond motifs is 1. The maximum absolute atomic E-state index is 10.5. The van der Waals surface area contributed by atoms with Crippen LogP contribution >= 0.6 is 15.9 Å². The number of halogens is 1. The fourth-order valence-corrected chi connectivity index (χ4v) is 4.26. The van der Waals surface area contributed by atoms with Gasteiger partial charge >= 0.3 is 0 Å². The molecule has 0 bridgehead atoms. The monoisotopic (exact) mass is 496 g/mol. The molecule has 0 aliphatic rings. The Morgan fingerprint density at radius 3 is 2.64 bits per heavy atom. The first-order chi connectivity index (χ1) is 16.0. The van der Waals surface area contributed by atoms with E-state index in [1.54, 1.807) is 6.21 Å². The maximum atomic E-state index is 10.5. The molecule has 0 aliphatic heterocycles. The van der Waals surface area contributed by atoms with Crippen LogP contribution in [0, 0.1) is 6.92 Å². The second-order valence-corrected chi connectivity index (χ2v) is 8.83. The molecule has 5 rings (SSSR count). The van der Waals surface area contributed by atoms with E-state index in [2.05, 4.69) is 38.0 Å². The number of nitrogens with zero attached hydrogens (tertiary/aromatic N) is 2. The number of aryl methyl sites for hydroxylation is 1. The van der Waals surface area contributed by atoms with Crippen molar-refractivity contribution >= 4 is 38.9 Å². The molecule has 1 N–H and O–H groups in total. The topological polar surface area (TPSA) is 58.6 Å². The Labute approximate surface area is 200 Å². The molecule has 0 fully saturated rings. The van der Waals surface area contributed by atoms with Crippen LogP contribution in [0.3, 0.4) is 0 Å². The van der Waals surface area contributed by atoms with Crippen LogP contribution in [0.2, 0.25) is 0 Å². The first-order valence-corrected chi connectivity index (χ1v) is 11.4. The van der Waals surface area contributed by atoms with E-state index in [4.69, 9.17) is 4.42 Å². The largest absolute Gasteiger partial charge is 0.506 e. The van der Waals surface area contributed by atoms with Crippen LogP contribution in [0.15, 0.2) is 98.8 Å². The van der Waals surface area contributed by atoms with Crippen LogP contribution in [0.5, 0.6) is 5.75 Å². The zero-order valence-electron chi connectivity index (χ0n) is 18.0. The van der Waals surface area contributed by atoms with Crippen LogP contribution in [0.25, 0.3) is 22.6 Å². The van der Waals surface area contributed by atoms with Crippen LogP contribution < -0.4 is 0 Å². The molecule has 0 saturated heterocycles. The summed E-state index contributed by atoms with van der Waals surface area (Å²) in [7, 11) is 0. The number of oxazole rings is 1. The highest BCUT2D eigenvalue weighted by atomic mass is 79.9. The predicted octanol–water partition coefficient (Wildman–Crippen LogP) is 7.61. The third-order valence-electron chi connectivity index (χ3n) is 5.39. The lowest BCUT2D eigenvalue weighted by Crippen LogP contribution is -1.92. The summed E-state index contributed by atoms with van der Waals surface area (Å²) in [5.74, 6) is 0.726. The van der Waals surface area contributed by atoms with Gasteiger partial charge in [0.05, 0.1) is 10.2 Å². The number of hydrogen-bond acceptors (Lipinski definition) is 4. The van der Waals surface area contributed by atoms with Crippen LogP contribution in [-0.4, -0.2) is 16.3 Å². The van der Waals surface area contributed by atoms with Crippen molar-refractivity contribution in [2.75, 3.05) is 0 Å². The van der Waals surface area contributed by atoms with Gasteiger partial charge in [-0.2, -0.15) is 0 Å². The quantitative estimate of drug-likeness (QED) is 0.254. The minimum absolute atomic E-state index is 0.168. The van der Waals surface area contributed by atoms with E-state index in [0.29, 0.717) is 15.9 Å². The van der Waals surface area contributed by atoms with Crippen molar-refractivity contribution < 1.29 is 9.52 Å². The van der Waals surface area contributed by atoms with E-state index in [-0.39, 0.29) is 5.75 Å². The smallest absolute Gasteiger partial charge is 0.227 e. The molecule has 33 heavy (non-hydrogen) atoms. The Kier molecular flexibility index (Phi) is 5.80. The molecule has 5 heteroatoms. The molecule has 0 amide bonds. The molecule has 0 unspecified atom stereocenters. The van der Waals surface area contributed by atoms with Gasteiger partial charge in [0.2, 0.25) is 5.89 Å². The average Bonchev–Trinajstić information content (AvgIpc) is 3.24. The number of aromatic nitrogens is 1. The lowest BCUT2D eigenvalue weighted by atomic mass is 10.0. The standard InChI is InChI=1S/C28H21BrN2O2/c1-18-10-11-26-25(12-18)31-28(33-26)21-8-5-9-23(16-21)30-17-22-14-20(15-24(29)27(22)32)13-19-6-3-2-4-7-19/h2-12,14-17,32H,13H2,1H3. The molecular weight excluding hydrogens is 476 g/mol. The summed E-state index contributed by atoms with van der Waals surface area (Å²) >= 11 is 3.47. The van der Waals surface area contributed by atoms with Gasteiger partial charge in [-0.05, 0) is 88.4 Å². The first kappa shape index (κ1) is 21.2. The SMILES string of the molecule is Cc1ccc2oc(-c3cccc(N=Cc4cc(Cc5ccccc5)cc(Br)c4O)c3)nc2c1. The first-order valence-electron chi connectivity index (χ1n) is 10.6. The van der Waals surface area contributed by atoms with Gasteiger partial charge < -0.3 is 9.52 Å². The molecule has 0 aliphatic carbocycles. The zero-order valence-corrected chi connectivity index (χ0v) is 19.6. The second kappa shape index (κ2) is 9.04. The number of phenolic OH excluding ortho intramolecular Hbond substituents is 1. The molecule has 5 aromatic rings. The number of rotatable bonds is 5. The third kappa shape index (κ3) is 4.73. The van der Waals surface area contributed by atoms with Gasteiger partial charge in [0, 0.05) is 17.3 Å². The van der Waals surface area contributed by atoms with Gasteiger partial charge in [-0.1, -0.05) is 42.5 Å². The molecule has 0 radical (unpaired) electrons. The molecule has 0 spiro atoms. The summed E-state index contributed by atoms with van der Waals surface area (Å²) in [6.07, 6.45) is 2.45. The Hall–Kier alpha value is -3.70. The van der Waals surface area contributed by atoms with E-state index in [0.717, 1.165) is 39.9 Å². The van der Waals surface area contributed by atoms with E-state index < -0.39 is 0 Å². The summed E-state index contributed by atoms with van der Waals surface area (Å²) in [6, 6.07) is 27.8. The Morgan fingerprint density at radius 2 is 1.79 bits per heavy atom. The molecule has 0 atom stereocenters. The van der Waals surface area contributed by atoms with Crippen LogP contribution in [-0.2, 0) is 6.42 Å². The van der Waals surface area contributed by atoms with Crippen molar-refractivity contribution in [1.29, 1.82) is 0 Å². The molecule has 1 aromatic heterocycles. The number of aromatic hydroxyl groups is 1. The summed E-state index contributed by atoms with van der Waals surface area (Å²) in [6.45, 7) is 2.03. The minimum atomic E-state index is 0.168. The Balaban J connectivity index is 1.43. The molecular formula is C28H21BrN2O2. The van der Waals surface area contributed by atoms with E-state index in [9.17, 15) is 5.11 Å². The number of hydrogen-bond donors (Lipinski definition) is 1. The van der Waals surface area contributed by atoms with E-state index in [1.165, 1.54) is 5.56 Å². The fraction of sp³-hybridized carbons (Fsp3) is 0.0714. The summed E-state index contributed by atoms with van der Waals surface area (Å²) in [5, 5.41) is 10.5. The van der Waals surface area contributed by atoms with Crippen molar-refractivity contribution in [3.63, 3.8) is 0 Å². The van der Waals surface area contributed by atoms with Crippen molar-refractivity contribution in [1.82, 2.24) is 4.98 Å². The highest BCUT2D eigenvalue weighted by Gasteiger charge is 2.10. The zero-order chi connectivity index (χ0) is 22.8. The normalized spacial score (nSPS) is 11.5. The van der Waals surface area contributed by atoms with Crippen LogP contribution in [0.1, 0.15) is 22.3 Å². The number of aliphatic imine (C=N–C) groups is 1. The maximum Gasteiger partial charge on any atom is 0.227 e. The summed E-state index contributed by atoms with van der Waals surface area (Å²) in [5.41, 5.74) is 7.27. The van der Waals surface area contributed by atoms with Gasteiger partial charge in [-0.15, -0.1) is 0 Å². The van der Waals surface area contributed by atoms with Crippen molar-refractivity contribution in [3.05, 3.63) is 112 Å². The molecule has 162 valence electrons. The number of phenols is 1. The van der Waals surface area contributed by atoms with Gasteiger partial charge in [0.25, 0.3) is 0 Å². The Bertz CT molecular complexity index is 1470. The highest BCUT2D eigenvalue weighted by molar-refractivity contribution is 9.10.